The molecule has 0 saturated heterocycles. The van der Waals surface area contributed by atoms with Crippen LogP contribution in [0, 0.1) is 0 Å². The van der Waals surface area contributed by atoms with Crippen LogP contribution in [0.1, 0.15) is 367 Å². The zero-order chi connectivity index (χ0) is 54.3. The molecular weight excluding hydrogens is 923 g/mol. The summed E-state index contributed by atoms with van der Waals surface area (Å²) >= 11 is 0. The number of unbranched alkanes of at least 4 members (excludes halogenated alkanes) is 48. The minimum Gasteiger partial charge on any atom is -0.466 e. The van der Waals surface area contributed by atoms with E-state index in [0.717, 1.165) is 44.9 Å². The fraction of sp³-hybridized carbons (Fsp3) is 0.884. The van der Waals surface area contributed by atoms with Gasteiger partial charge in [-0.15, -0.1) is 0 Å². The predicted molar refractivity (Wildman–Crippen MR) is 329 cm³/mol. The van der Waals surface area contributed by atoms with Gasteiger partial charge in [-0.05, 0) is 77.0 Å². The lowest BCUT2D eigenvalue weighted by Crippen LogP contribution is -2.45. The molecule has 0 aromatic heterocycles. The quantitative estimate of drug-likeness (QED) is 0.0320. The van der Waals surface area contributed by atoms with Crippen LogP contribution in [0.25, 0.3) is 0 Å². The van der Waals surface area contributed by atoms with Crippen molar-refractivity contribution in [3.05, 3.63) is 36.5 Å². The number of ether oxygens (including phenoxy) is 1. The first-order chi connectivity index (χ1) is 37.0. The average Bonchev–Trinajstić information content (AvgIpc) is 3.41. The van der Waals surface area contributed by atoms with Crippen LogP contribution in [-0.4, -0.2) is 47.4 Å². The number of allylic oxidation sites excluding steroid dienone is 5. The van der Waals surface area contributed by atoms with Gasteiger partial charge in [-0.3, -0.25) is 9.59 Å². The van der Waals surface area contributed by atoms with Gasteiger partial charge in [0.2, 0.25) is 5.91 Å². The molecule has 0 spiro atoms. The first kappa shape index (κ1) is 73.1. The number of hydrogen-bond donors (Lipinski definition) is 3. The molecule has 0 radical (unpaired) electrons. The van der Waals surface area contributed by atoms with E-state index in [1.807, 2.05) is 6.08 Å². The summed E-state index contributed by atoms with van der Waals surface area (Å²) in [5.41, 5.74) is 0. The Morgan fingerprint density at radius 2 is 0.640 bits per heavy atom. The molecule has 0 aliphatic heterocycles. The second kappa shape index (κ2) is 64.6. The Morgan fingerprint density at radius 3 is 0.987 bits per heavy atom. The summed E-state index contributed by atoms with van der Waals surface area (Å²) in [4.78, 5) is 24.5. The lowest BCUT2D eigenvalue weighted by atomic mass is 10.0. The second-order valence-electron chi connectivity index (χ2n) is 23.1. The number of carbonyl (C=O) groups excluding carboxylic acids is 2. The average molecular weight is 1050 g/mol. The van der Waals surface area contributed by atoms with E-state index >= 15 is 0 Å². The van der Waals surface area contributed by atoms with E-state index in [0.29, 0.717) is 19.4 Å². The molecular formula is C69H131NO5. The van der Waals surface area contributed by atoms with E-state index in [1.165, 1.54) is 295 Å². The van der Waals surface area contributed by atoms with Gasteiger partial charge in [0, 0.05) is 12.8 Å². The van der Waals surface area contributed by atoms with Crippen LogP contribution < -0.4 is 5.32 Å². The maximum atomic E-state index is 12.5. The van der Waals surface area contributed by atoms with Gasteiger partial charge >= 0.3 is 5.97 Å². The van der Waals surface area contributed by atoms with Gasteiger partial charge in [-0.1, -0.05) is 314 Å². The molecule has 0 saturated carbocycles. The Bertz CT molecular complexity index is 1210. The van der Waals surface area contributed by atoms with Gasteiger partial charge in [-0.2, -0.15) is 0 Å². The highest BCUT2D eigenvalue weighted by Gasteiger charge is 2.18. The van der Waals surface area contributed by atoms with Crippen LogP contribution in [0.4, 0.5) is 0 Å². The van der Waals surface area contributed by atoms with Gasteiger partial charge in [0.1, 0.15) is 0 Å². The number of hydrogen-bond acceptors (Lipinski definition) is 5. The first-order valence-electron chi connectivity index (χ1n) is 33.8. The summed E-state index contributed by atoms with van der Waals surface area (Å²) < 4.78 is 5.46. The first-order valence-corrected chi connectivity index (χ1v) is 33.8. The number of amides is 1. The summed E-state index contributed by atoms with van der Waals surface area (Å²) in [6.45, 7) is 4.89. The highest BCUT2D eigenvalue weighted by atomic mass is 16.5. The summed E-state index contributed by atoms with van der Waals surface area (Å²) in [6, 6.07) is -0.626. The van der Waals surface area contributed by atoms with Crippen LogP contribution in [0.15, 0.2) is 36.5 Å². The van der Waals surface area contributed by atoms with E-state index in [9.17, 15) is 19.8 Å². The molecule has 6 nitrogen and oxygen atoms in total. The lowest BCUT2D eigenvalue weighted by Gasteiger charge is -2.20. The monoisotopic (exact) mass is 1050 g/mol. The van der Waals surface area contributed by atoms with Gasteiger partial charge in [0.25, 0.3) is 0 Å². The van der Waals surface area contributed by atoms with Gasteiger partial charge in [-0.25, -0.2) is 0 Å². The Labute approximate surface area is 468 Å². The Balaban J connectivity index is 3.38. The number of rotatable bonds is 63. The topological polar surface area (TPSA) is 95.9 Å². The van der Waals surface area contributed by atoms with Crippen LogP contribution in [0.3, 0.4) is 0 Å². The third-order valence-corrected chi connectivity index (χ3v) is 15.6. The fourth-order valence-electron chi connectivity index (χ4n) is 10.4. The summed E-state index contributed by atoms with van der Waals surface area (Å²) in [7, 11) is 0. The summed E-state index contributed by atoms with van der Waals surface area (Å²) in [5.74, 6) is -0.0574. The van der Waals surface area contributed by atoms with E-state index in [1.54, 1.807) is 6.08 Å². The SMILES string of the molecule is CCCC/C=C\CCCCCCCC(=O)OCCCCCCCCCCCCCC/C=C\CCCCCCCCCCCCCCCCCC(=O)NC(CO)C(O)/C=C/CCCCCCCCCCCCCCCC. The smallest absolute Gasteiger partial charge is 0.305 e. The Hall–Kier alpha value is -1.92. The van der Waals surface area contributed by atoms with E-state index in [-0.39, 0.29) is 18.5 Å². The van der Waals surface area contributed by atoms with Crippen molar-refractivity contribution < 1.29 is 24.5 Å². The highest BCUT2D eigenvalue weighted by Crippen LogP contribution is 2.18. The summed E-state index contributed by atoms with van der Waals surface area (Å²) in [5, 5.41) is 23.2. The number of carbonyl (C=O) groups is 2. The second-order valence-corrected chi connectivity index (χ2v) is 23.1. The lowest BCUT2D eigenvalue weighted by molar-refractivity contribution is -0.143. The van der Waals surface area contributed by atoms with Crippen molar-refractivity contribution in [2.45, 2.75) is 379 Å². The van der Waals surface area contributed by atoms with Crippen molar-refractivity contribution in [1.82, 2.24) is 5.32 Å². The third-order valence-electron chi connectivity index (χ3n) is 15.6. The molecule has 0 fully saturated rings. The molecule has 2 unspecified atom stereocenters. The van der Waals surface area contributed by atoms with E-state index in [2.05, 4.69) is 43.5 Å². The van der Waals surface area contributed by atoms with E-state index in [4.69, 9.17) is 4.74 Å². The van der Waals surface area contributed by atoms with Crippen molar-refractivity contribution in [3.63, 3.8) is 0 Å². The third kappa shape index (κ3) is 61.2. The minimum absolute atomic E-state index is 0.00633. The van der Waals surface area contributed by atoms with Crippen molar-refractivity contribution >= 4 is 11.9 Å². The molecule has 0 aromatic rings. The standard InChI is InChI=1S/C69H131NO5/c1-3-5-7-9-11-13-15-16-17-35-38-42-45-49-53-57-61-67(72)66(65-71)70-68(73)62-58-54-50-46-43-39-36-33-31-29-27-25-23-21-19-18-20-22-24-26-28-30-32-34-37-40-44-48-52-56-60-64-75-69(74)63-59-55-51-47-41-14-12-10-8-6-4-2/h10,12,20,22,57,61,66-67,71-72H,3-9,11,13-19,21,23-56,58-60,62-65H2,1-2H3,(H,70,73)/b12-10-,22-20-,61-57+. The van der Waals surface area contributed by atoms with Crippen LogP contribution in [-0.2, 0) is 14.3 Å². The van der Waals surface area contributed by atoms with Crippen molar-refractivity contribution in [2.75, 3.05) is 13.2 Å². The number of esters is 1. The maximum absolute atomic E-state index is 12.5. The Morgan fingerprint density at radius 1 is 0.360 bits per heavy atom. The zero-order valence-corrected chi connectivity index (χ0v) is 50.5. The van der Waals surface area contributed by atoms with Crippen LogP contribution >= 0.6 is 0 Å². The molecule has 75 heavy (non-hydrogen) atoms. The molecule has 0 aromatic carbocycles. The molecule has 0 aliphatic carbocycles. The molecule has 0 heterocycles. The number of aliphatic hydroxyl groups excluding tert-OH is 2. The zero-order valence-electron chi connectivity index (χ0n) is 50.5. The largest absolute Gasteiger partial charge is 0.466 e. The normalized spacial score (nSPS) is 12.7. The number of aliphatic hydroxyl groups is 2. The highest BCUT2D eigenvalue weighted by molar-refractivity contribution is 5.76. The fourth-order valence-corrected chi connectivity index (χ4v) is 10.4. The number of nitrogens with one attached hydrogen (secondary N) is 1. The molecule has 3 N–H and O–H groups in total. The van der Waals surface area contributed by atoms with Gasteiger partial charge in [0.05, 0.1) is 25.4 Å². The van der Waals surface area contributed by atoms with Crippen molar-refractivity contribution in [3.8, 4) is 0 Å². The molecule has 0 aliphatic rings. The molecule has 6 heteroatoms. The van der Waals surface area contributed by atoms with Crippen molar-refractivity contribution in [1.29, 1.82) is 0 Å². The maximum Gasteiger partial charge on any atom is 0.305 e. The van der Waals surface area contributed by atoms with Crippen LogP contribution in [0.2, 0.25) is 0 Å². The van der Waals surface area contributed by atoms with Crippen molar-refractivity contribution in [2.24, 2.45) is 0 Å². The molecule has 0 rings (SSSR count). The van der Waals surface area contributed by atoms with Gasteiger partial charge < -0.3 is 20.3 Å². The van der Waals surface area contributed by atoms with Gasteiger partial charge in [0.15, 0.2) is 0 Å². The Kier molecular flexibility index (Phi) is 63.0. The molecule has 2 atom stereocenters. The molecule has 1 amide bonds. The van der Waals surface area contributed by atoms with E-state index < -0.39 is 12.1 Å². The minimum atomic E-state index is -0.843. The van der Waals surface area contributed by atoms with Crippen LogP contribution in [0.5, 0.6) is 0 Å². The molecule has 0 bridgehead atoms. The summed E-state index contributed by atoms with van der Waals surface area (Å²) in [6.07, 6.45) is 82.2. The predicted octanol–water partition coefficient (Wildman–Crippen LogP) is 21.5. The molecule has 442 valence electrons.